The number of halogens is 1. The highest BCUT2D eigenvalue weighted by atomic mass is 79.9. The average Bonchev–Trinajstić information content (AvgIpc) is 3.05. The van der Waals surface area contributed by atoms with E-state index in [1.165, 1.54) is 6.08 Å². The molecule has 1 amide bonds. The SMILES string of the molecule is Cc1ccc(NC(=O)C=Cc2ccc(-c3ccc(Br)cc3)o2)cc1. The zero-order valence-electron chi connectivity index (χ0n) is 13.1. The number of rotatable bonds is 4. The van der Waals surface area contributed by atoms with Crippen molar-refractivity contribution in [1.29, 1.82) is 0 Å². The summed E-state index contributed by atoms with van der Waals surface area (Å²) < 4.78 is 6.76. The fourth-order valence-corrected chi connectivity index (χ4v) is 2.45. The molecule has 0 spiro atoms. The summed E-state index contributed by atoms with van der Waals surface area (Å²) in [5.41, 5.74) is 2.91. The van der Waals surface area contributed by atoms with Crippen molar-refractivity contribution in [2.24, 2.45) is 0 Å². The Kier molecular flexibility index (Phi) is 4.96. The second-order valence-electron chi connectivity index (χ2n) is 5.40. The van der Waals surface area contributed by atoms with Crippen molar-refractivity contribution in [3.05, 3.63) is 82.5 Å². The molecule has 1 N–H and O–H groups in total. The van der Waals surface area contributed by atoms with Crippen LogP contribution in [0.2, 0.25) is 0 Å². The van der Waals surface area contributed by atoms with Crippen LogP contribution in [-0.4, -0.2) is 5.91 Å². The Morgan fingerprint density at radius 2 is 1.71 bits per heavy atom. The minimum absolute atomic E-state index is 0.194. The Morgan fingerprint density at radius 1 is 1.00 bits per heavy atom. The van der Waals surface area contributed by atoms with Crippen molar-refractivity contribution < 1.29 is 9.21 Å². The van der Waals surface area contributed by atoms with Gasteiger partial charge in [-0.2, -0.15) is 0 Å². The van der Waals surface area contributed by atoms with Gasteiger partial charge in [0.2, 0.25) is 5.91 Å². The molecular weight excluding hydrogens is 366 g/mol. The number of hydrogen-bond acceptors (Lipinski definition) is 2. The van der Waals surface area contributed by atoms with Crippen LogP contribution < -0.4 is 5.32 Å². The summed E-state index contributed by atoms with van der Waals surface area (Å²) in [6, 6.07) is 19.3. The van der Waals surface area contributed by atoms with E-state index in [2.05, 4.69) is 21.2 Å². The zero-order valence-corrected chi connectivity index (χ0v) is 14.7. The molecule has 3 nitrogen and oxygen atoms in total. The number of amides is 1. The van der Waals surface area contributed by atoms with E-state index in [9.17, 15) is 4.79 Å². The molecule has 0 saturated heterocycles. The predicted octanol–water partition coefficient (Wildman–Crippen LogP) is 5.67. The predicted molar refractivity (Wildman–Crippen MR) is 101 cm³/mol. The Hall–Kier alpha value is -2.59. The van der Waals surface area contributed by atoms with E-state index in [-0.39, 0.29) is 5.91 Å². The fourth-order valence-electron chi connectivity index (χ4n) is 2.19. The van der Waals surface area contributed by atoms with Gasteiger partial charge in [-0.1, -0.05) is 45.8 Å². The van der Waals surface area contributed by atoms with Gasteiger partial charge in [0.15, 0.2) is 0 Å². The summed E-state index contributed by atoms with van der Waals surface area (Å²) >= 11 is 3.41. The summed E-state index contributed by atoms with van der Waals surface area (Å²) in [5.74, 6) is 1.20. The number of nitrogens with one attached hydrogen (secondary N) is 1. The third kappa shape index (κ3) is 4.24. The molecule has 1 aromatic heterocycles. The lowest BCUT2D eigenvalue weighted by Crippen LogP contribution is -2.07. The van der Waals surface area contributed by atoms with Crippen LogP contribution in [0.1, 0.15) is 11.3 Å². The first-order valence-electron chi connectivity index (χ1n) is 7.52. The van der Waals surface area contributed by atoms with E-state index >= 15 is 0 Å². The van der Waals surface area contributed by atoms with Gasteiger partial charge >= 0.3 is 0 Å². The second kappa shape index (κ2) is 7.32. The number of carbonyl (C=O) groups excluding carboxylic acids is 1. The van der Waals surface area contributed by atoms with Crippen LogP contribution >= 0.6 is 15.9 Å². The minimum Gasteiger partial charge on any atom is -0.457 e. The van der Waals surface area contributed by atoms with E-state index in [1.54, 1.807) is 6.08 Å². The minimum atomic E-state index is -0.194. The van der Waals surface area contributed by atoms with Crippen molar-refractivity contribution in [1.82, 2.24) is 0 Å². The van der Waals surface area contributed by atoms with E-state index in [0.717, 1.165) is 27.0 Å². The highest BCUT2D eigenvalue weighted by Crippen LogP contribution is 2.24. The van der Waals surface area contributed by atoms with E-state index in [0.29, 0.717) is 5.76 Å². The van der Waals surface area contributed by atoms with Gasteiger partial charge in [-0.25, -0.2) is 0 Å². The van der Waals surface area contributed by atoms with Gasteiger partial charge in [-0.3, -0.25) is 4.79 Å². The van der Waals surface area contributed by atoms with Crippen LogP contribution in [0.4, 0.5) is 5.69 Å². The standard InChI is InChI=1S/C20H16BrNO2/c1-14-2-8-17(9-3-14)22-20(23)13-11-18-10-12-19(24-18)15-4-6-16(21)7-5-15/h2-13H,1H3,(H,22,23). The summed E-state index contributed by atoms with van der Waals surface area (Å²) in [7, 11) is 0. The molecule has 3 aromatic rings. The van der Waals surface area contributed by atoms with Gasteiger partial charge < -0.3 is 9.73 Å². The van der Waals surface area contributed by atoms with Crippen molar-refractivity contribution >= 4 is 33.6 Å². The van der Waals surface area contributed by atoms with Gasteiger partial charge in [-0.15, -0.1) is 0 Å². The largest absolute Gasteiger partial charge is 0.457 e. The number of anilines is 1. The molecule has 0 unspecified atom stereocenters. The smallest absolute Gasteiger partial charge is 0.248 e. The van der Waals surface area contributed by atoms with Gasteiger partial charge in [0, 0.05) is 21.8 Å². The molecule has 0 aliphatic heterocycles. The van der Waals surface area contributed by atoms with Gasteiger partial charge in [0.1, 0.15) is 11.5 Å². The van der Waals surface area contributed by atoms with Crippen LogP contribution in [0.3, 0.4) is 0 Å². The van der Waals surface area contributed by atoms with E-state index in [4.69, 9.17) is 4.42 Å². The number of furan rings is 1. The van der Waals surface area contributed by atoms with Crippen molar-refractivity contribution in [3.8, 4) is 11.3 Å². The summed E-state index contributed by atoms with van der Waals surface area (Å²) in [4.78, 5) is 11.9. The quantitative estimate of drug-likeness (QED) is 0.591. The first kappa shape index (κ1) is 16.3. The lowest BCUT2D eigenvalue weighted by Gasteiger charge is -2.01. The third-order valence-corrected chi connectivity index (χ3v) is 4.00. The molecular formula is C20H16BrNO2. The molecule has 1 heterocycles. The number of aryl methyl sites for hydroxylation is 1. The van der Waals surface area contributed by atoms with Crippen LogP contribution in [-0.2, 0) is 4.79 Å². The van der Waals surface area contributed by atoms with Crippen molar-refractivity contribution in [2.75, 3.05) is 5.32 Å². The Balaban J connectivity index is 1.65. The van der Waals surface area contributed by atoms with Gasteiger partial charge in [0.25, 0.3) is 0 Å². The first-order valence-corrected chi connectivity index (χ1v) is 8.31. The van der Waals surface area contributed by atoms with Gasteiger partial charge in [-0.05, 0) is 49.4 Å². The van der Waals surface area contributed by atoms with Crippen LogP contribution in [0, 0.1) is 6.92 Å². The molecule has 0 radical (unpaired) electrons. The zero-order chi connectivity index (χ0) is 16.9. The van der Waals surface area contributed by atoms with Crippen molar-refractivity contribution in [2.45, 2.75) is 6.92 Å². The molecule has 0 aliphatic rings. The molecule has 0 fully saturated rings. The number of carbonyl (C=O) groups is 1. The van der Waals surface area contributed by atoms with Gasteiger partial charge in [0.05, 0.1) is 0 Å². The Morgan fingerprint density at radius 3 is 2.42 bits per heavy atom. The summed E-state index contributed by atoms with van der Waals surface area (Å²) in [6.45, 7) is 2.01. The molecule has 24 heavy (non-hydrogen) atoms. The topological polar surface area (TPSA) is 42.2 Å². The number of hydrogen-bond donors (Lipinski definition) is 1. The Labute approximate surface area is 149 Å². The monoisotopic (exact) mass is 381 g/mol. The maximum absolute atomic E-state index is 11.9. The maximum atomic E-state index is 11.9. The lowest BCUT2D eigenvalue weighted by atomic mass is 10.2. The normalized spacial score (nSPS) is 10.9. The molecule has 0 bridgehead atoms. The molecule has 0 saturated carbocycles. The highest BCUT2D eigenvalue weighted by molar-refractivity contribution is 9.10. The Bertz CT molecular complexity index is 861. The van der Waals surface area contributed by atoms with Crippen molar-refractivity contribution in [3.63, 3.8) is 0 Å². The van der Waals surface area contributed by atoms with E-state index < -0.39 is 0 Å². The summed E-state index contributed by atoms with van der Waals surface area (Å²) in [5, 5.41) is 2.81. The number of benzene rings is 2. The molecule has 4 heteroatoms. The second-order valence-corrected chi connectivity index (χ2v) is 6.31. The van der Waals surface area contributed by atoms with Crippen LogP contribution in [0.5, 0.6) is 0 Å². The molecule has 0 atom stereocenters. The molecule has 0 aliphatic carbocycles. The summed E-state index contributed by atoms with van der Waals surface area (Å²) in [6.07, 6.45) is 3.12. The molecule has 120 valence electrons. The molecule has 3 rings (SSSR count). The lowest BCUT2D eigenvalue weighted by molar-refractivity contribution is -0.111. The highest BCUT2D eigenvalue weighted by Gasteiger charge is 2.04. The maximum Gasteiger partial charge on any atom is 0.248 e. The molecule has 2 aromatic carbocycles. The fraction of sp³-hybridized carbons (Fsp3) is 0.0500. The van der Waals surface area contributed by atoms with E-state index in [1.807, 2.05) is 67.6 Å². The first-order chi connectivity index (χ1) is 11.6. The van der Waals surface area contributed by atoms with Crippen LogP contribution in [0.25, 0.3) is 17.4 Å². The van der Waals surface area contributed by atoms with Crippen LogP contribution in [0.15, 0.2) is 75.6 Å². The third-order valence-electron chi connectivity index (χ3n) is 3.47. The average molecular weight is 382 g/mol.